The van der Waals surface area contributed by atoms with Gasteiger partial charge in [0.05, 0.1) is 36.2 Å². The Labute approximate surface area is 181 Å². The molecule has 31 heavy (non-hydrogen) atoms. The van der Waals surface area contributed by atoms with Gasteiger partial charge in [-0.25, -0.2) is 4.98 Å². The quantitative estimate of drug-likeness (QED) is 0.474. The van der Waals surface area contributed by atoms with Crippen molar-refractivity contribution in [2.24, 2.45) is 5.73 Å². The van der Waals surface area contributed by atoms with E-state index >= 15 is 0 Å². The van der Waals surface area contributed by atoms with E-state index in [9.17, 15) is 9.90 Å². The Hall–Kier alpha value is -3.36. The Morgan fingerprint density at radius 3 is 2.58 bits per heavy atom. The number of aliphatic hydroxyl groups excluding tert-OH is 1. The summed E-state index contributed by atoms with van der Waals surface area (Å²) in [7, 11) is 5.47. The highest BCUT2D eigenvalue weighted by atomic mass is 16.5. The maximum Gasteiger partial charge on any atom is 0.250 e. The van der Waals surface area contributed by atoms with E-state index in [1.54, 1.807) is 38.3 Å². The smallest absolute Gasteiger partial charge is 0.250 e. The van der Waals surface area contributed by atoms with Crippen LogP contribution < -0.4 is 20.9 Å². The number of hydrogen-bond acceptors (Lipinski definition) is 7. The minimum atomic E-state index is -0.617. The molecule has 0 atom stereocenters. The second kappa shape index (κ2) is 9.20. The molecule has 0 saturated carbocycles. The van der Waals surface area contributed by atoms with Crippen LogP contribution in [-0.2, 0) is 6.61 Å². The first kappa shape index (κ1) is 22.3. The average molecular weight is 425 g/mol. The van der Waals surface area contributed by atoms with E-state index in [4.69, 9.17) is 25.9 Å². The number of ether oxygens (including phenoxy) is 2. The molecule has 0 aliphatic rings. The fraction of sp³-hybridized carbons (Fsp3) is 0.304. The molecule has 0 bridgehead atoms. The van der Waals surface area contributed by atoms with E-state index < -0.39 is 5.91 Å². The van der Waals surface area contributed by atoms with Gasteiger partial charge in [0.25, 0.3) is 5.91 Å². The number of rotatable bonds is 8. The van der Waals surface area contributed by atoms with Gasteiger partial charge < -0.3 is 30.9 Å². The molecule has 0 saturated heterocycles. The lowest BCUT2D eigenvalue weighted by atomic mass is 9.94. The zero-order valence-corrected chi connectivity index (χ0v) is 18.2. The summed E-state index contributed by atoms with van der Waals surface area (Å²) in [6.45, 7) is 2.66. The molecule has 1 amide bonds. The van der Waals surface area contributed by atoms with Crippen LogP contribution in [0.4, 0.5) is 5.69 Å². The van der Waals surface area contributed by atoms with Gasteiger partial charge in [0.2, 0.25) is 0 Å². The predicted octanol–water partition coefficient (Wildman–Crippen LogP) is 2.33. The molecule has 1 heterocycles. The number of aliphatic hydroxyl groups is 1. The number of nitrogens with zero attached hydrogens (tertiary/aromatic N) is 2. The third kappa shape index (κ3) is 4.55. The van der Waals surface area contributed by atoms with Crippen LogP contribution in [0, 0.1) is 6.92 Å². The summed E-state index contributed by atoms with van der Waals surface area (Å²) in [6, 6.07) is 8.79. The Balaban J connectivity index is 2.24. The number of methoxy groups -OCH3 is 1. The van der Waals surface area contributed by atoms with Gasteiger partial charge in [-0.3, -0.25) is 4.79 Å². The first-order valence-electron chi connectivity index (χ1n) is 9.86. The van der Waals surface area contributed by atoms with Crippen LogP contribution in [0.1, 0.15) is 21.5 Å². The van der Waals surface area contributed by atoms with Crippen molar-refractivity contribution in [3.63, 3.8) is 0 Å². The first-order chi connectivity index (χ1) is 14.8. The first-order valence-corrected chi connectivity index (χ1v) is 9.86. The zero-order valence-electron chi connectivity index (χ0n) is 18.2. The molecule has 0 fully saturated rings. The van der Waals surface area contributed by atoms with Crippen molar-refractivity contribution < 1.29 is 19.4 Å². The molecule has 3 aromatic rings. The van der Waals surface area contributed by atoms with Gasteiger partial charge in [-0.15, -0.1) is 0 Å². The fourth-order valence-corrected chi connectivity index (χ4v) is 3.38. The van der Waals surface area contributed by atoms with E-state index in [1.165, 1.54) is 0 Å². The molecule has 0 radical (unpaired) electrons. The van der Waals surface area contributed by atoms with E-state index in [0.29, 0.717) is 58.2 Å². The summed E-state index contributed by atoms with van der Waals surface area (Å²) in [5, 5.41) is 10.8. The molecule has 0 aliphatic heterocycles. The third-order valence-electron chi connectivity index (χ3n) is 5.22. The van der Waals surface area contributed by atoms with Gasteiger partial charge in [-0.05, 0) is 56.4 Å². The average Bonchev–Trinajstić information content (AvgIpc) is 2.74. The Kier molecular flexibility index (Phi) is 6.62. The molecule has 8 heteroatoms. The third-order valence-corrected chi connectivity index (χ3v) is 5.22. The number of anilines is 1. The monoisotopic (exact) mass is 424 g/mol. The number of hydrogen-bond donors (Lipinski definition) is 3. The maximum atomic E-state index is 12.3. The van der Waals surface area contributed by atoms with Crippen LogP contribution in [0.25, 0.3) is 22.2 Å². The molecule has 0 aliphatic carbocycles. The second-order valence-electron chi connectivity index (χ2n) is 7.56. The van der Waals surface area contributed by atoms with E-state index in [2.05, 4.69) is 0 Å². The highest BCUT2D eigenvalue weighted by Gasteiger charge is 2.21. The molecule has 5 N–H and O–H groups in total. The molecule has 164 valence electrons. The van der Waals surface area contributed by atoms with Crippen LogP contribution in [0.2, 0.25) is 0 Å². The summed E-state index contributed by atoms with van der Waals surface area (Å²) in [6.07, 6.45) is 0. The minimum Gasteiger partial charge on any atom is -0.497 e. The van der Waals surface area contributed by atoms with E-state index in [-0.39, 0.29) is 12.2 Å². The van der Waals surface area contributed by atoms with Gasteiger partial charge in [-0.1, -0.05) is 0 Å². The van der Waals surface area contributed by atoms with Crippen molar-refractivity contribution in [2.75, 3.05) is 40.1 Å². The minimum absolute atomic E-state index is 0.246. The number of primary amides is 1. The highest BCUT2D eigenvalue weighted by molar-refractivity contribution is 6.03. The molecule has 0 spiro atoms. The lowest BCUT2D eigenvalue weighted by Gasteiger charge is -2.19. The highest BCUT2D eigenvalue weighted by Crippen LogP contribution is 2.38. The van der Waals surface area contributed by atoms with Crippen LogP contribution >= 0.6 is 0 Å². The SMILES string of the molecule is COc1ccc2cc(C(N)=O)c(-c3cc(OCCN(C)C)c(N)c(C)c3CO)nc2c1. The predicted molar refractivity (Wildman–Crippen MR) is 121 cm³/mol. The number of nitrogens with two attached hydrogens (primary N) is 2. The number of carbonyl (C=O) groups is 1. The molecule has 0 unspecified atom stereocenters. The van der Waals surface area contributed by atoms with Crippen molar-refractivity contribution in [1.29, 1.82) is 0 Å². The summed E-state index contributed by atoms with van der Waals surface area (Å²) in [5.74, 6) is 0.490. The number of nitrogen functional groups attached to an aromatic ring is 1. The molecule has 2 aromatic carbocycles. The number of pyridine rings is 1. The van der Waals surface area contributed by atoms with Crippen LogP contribution in [0.5, 0.6) is 11.5 Å². The normalized spacial score (nSPS) is 11.2. The number of amides is 1. The van der Waals surface area contributed by atoms with Gasteiger partial charge in [-0.2, -0.15) is 0 Å². The maximum absolute atomic E-state index is 12.3. The number of benzene rings is 2. The largest absolute Gasteiger partial charge is 0.497 e. The zero-order chi connectivity index (χ0) is 22.7. The van der Waals surface area contributed by atoms with Crippen molar-refractivity contribution in [3.05, 3.63) is 47.0 Å². The molecule has 3 rings (SSSR count). The summed E-state index contributed by atoms with van der Waals surface area (Å²) in [4.78, 5) is 19.0. The summed E-state index contributed by atoms with van der Waals surface area (Å²) >= 11 is 0. The molecular weight excluding hydrogens is 396 g/mol. The second-order valence-corrected chi connectivity index (χ2v) is 7.56. The van der Waals surface area contributed by atoms with Gasteiger partial charge in [0.15, 0.2) is 0 Å². The van der Waals surface area contributed by atoms with Gasteiger partial charge >= 0.3 is 0 Å². The fourth-order valence-electron chi connectivity index (χ4n) is 3.38. The number of fused-ring (bicyclic) bond motifs is 1. The standard InChI is InChI=1S/C23H28N4O4/c1-13-18(12-28)16(11-20(21(13)24)31-8-7-27(2)3)22-17(23(25)29)9-14-5-6-15(30-4)10-19(14)26-22/h5-6,9-11,28H,7-8,12,24H2,1-4H3,(H2,25,29). The Morgan fingerprint density at radius 2 is 1.97 bits per heavy atom. The van der Waals surface area contributed by atoms with Crippen LogP contribution in [0.15, 0.2) is 30.3 Å². The molecule has 1 aromatic heterocycles. The number of carbonyl (C=O) groups excluding carboxylic acids is 1. The van der Waals surface area contributed by atoms with Crippen molar-refractivity contribution in [3.8, 4) is 22.8 Å². The van der Waals surface area contributed by atoms with Crippen molar-refractivity contribution in [1.82, 2.24) is 9.88 Å². The Morgan fingerprint density at radius 1 is 1.23 bits per heavy atom. The van der Waals surface area contributed by atoms with E-state index in [0.717, 1.165) is 5.39 Å². The molecule has 8 nitrogen and oxygen atoms in total. The lowest BCUT2D eigenvalue weighted by Crippen LogP contribution is -2.20. The molecular formula is C23H28N4O4. The van der Waals surface area contributed by atoms with Gasteiger partial charge in [0, 0.05) is 23.6 Å². The number of aromatic nitrogens is 1. The Bertz CT molecular complexity index is 1130. The lowest BCUT2D eigenvalue weighted by molar-refractivity contribution is 0.100. The summed E-state index contributed by atoms with van der Waals surface area (Å²) < 4.78 is 11.2. The van der Waals surface area contributed by atoms with E-state index in [1.807, 2.05) is 25.1 Å². The topological polar surface area (TPSA) is 124 Å². The van der Waals surface area contributed by atoms with Crippen LogP contribution in [-0.4, -0.2) is 55.3 Å². The van der Waals surface area contributed by atoms with Crippen molar-refractivity contribution >= 4 is 22.5 Å². The van der Waals surface area contributed by atoms with Crippen LogP contribution in [0.3, 0.4) is 0 Å². The van der Waals surface area contributed by atoms with Crippen molar-refractivity contribution in [2.45, 2.75) is 13.5 Å². The van der Waals surface area contributed by atoms with Gasteiger partial charge in [0.1, 0.15) is 18.1 Å². The number of likely N-dealkylation sites (N-methyl/N-ethyl adjacent to an activating group) is 1. The summed E-state index contributed by atoms with van der Waals surface area (Å²) in [5.41, 5.74) is 15.4.